The van der Waals surface area contributed by atoms with Gasteiger partial charge in [-0.05, 0) is 37.0 Å². The zero-order valence-electron chi connectivity index (χ0n) is 13.5. The van der Waals surface area contributed by atoms with Crippen molar-refractivity contribution in [3.8, 4) is 0 Å². The van der Waals surface area contributed by atoms with E-state index in [1.807, 2.05) is 11.0 Å². The fourth-order valence-corrected chi connectivity index (χ4v) is 3.09. The molecule has 1 unspecified atom stereocenters. The quantitative estimate of drug-likeness (QED) is 0.827. The molecule has 1 saturated carbocycles. The topological polar surface area (TPSA) is 55.6 Å². The Balaban J connectivity index is 0.00000264. The Hall–Kier alpha value is -1.17. The van der Waals surface area contributed by atoms with Gasteiger partial charge in [-0.3, -0.25) is 4.79 Å². The number of ether oxygens (including phenoxy) is 1. The first-order chi connectivity index (χ1) is 10.6. The van der Waals surface area contributed by atoms with Crippen LogP contribution >= 0.6 is 12.4 Å². The Morgan fingerprint density at radius 3 is 2.74 bits per heavy atom. The SMILES string of the molecule is COCC(N)C(=O)N(CCc1cccc(F)c1)C1CCCC1.Cl. The molecule has 6 heteroatoms. The maximum absolute atomic E-state index is 13.3. The highest BCUT2D eigenvalue weighted by Crippen LogP contribution is 2.24. The molecule has 1 aliphatic rings. The van der Waals surface area contributed by atoms with Gasteiger partial charge < -0.3 is 15.4 Å². The summed E-state index contributed by atoms with van der Waals surface area (Å²) in [6, 6.07) is 6.16. The lowest BCUT2D eigenvalue weighted by atomic mass is 10.1. The van der Waals surface area contributed by atoms with Crippen LogP contribution in [-0.2, 0) is 16.0 Å². The van der Waals surface area contributed by atoms with E-state index in [1.165, 1.54) is 12.1 Å². The number of carbonyl (C=O) groups excluding carboxylic acids is 1. The monoisotopic (exact) mass is 344 g/mol. The van der Waals surface area contributed by atoms with Crippen LogP contribution < -0.4 is 5.73 Å². The first kappa shape index (κ1) is 19.9. The predicted octanol–water partition coefficient (Wildman–Crippen LogP) is 2.53. The van der Waals surface area contributed by atoms with Crippen molar-refractivity contribution in [1.29, 1.82) is 0 Å². The Bertz CT molecular complexity index is 495. The third-order valence-corrected chi connectivity index (χ3v) is 4.24. The van der Waals surface area contributed by atoms with Gasteiger partial charge in [0.25, 0.3) is 0 Å². The summed E-state index contributed by atoms with van der Waals surface area (Å²) in [5.74, 6) is -0.308. The summed E-state index contributed by atoms with van der Waals surface area (Å²) in [6.07, 6.45) is 4.98. The van der Waals surface area contributed by atoms with Crippen molar-refractivity contribution < 1.29 is 13.9 Å². The first-order valence-corrected chi connectivity index (χ1v) is 7.91. The molecule has 1 aromatic carbocycles. The second-order valence-electron chi connectivity index (χ2n) is 5.91. The lowest BCUT2D eigenvalue weighted by Crippen LogP contribution is -2.50. The largest absolute Gasteiger partial charge is 0.383 e. The summed E-state index contributed by atoms with van der Waals surface area (Å²) in [5.41, 5.74) is 6.81. The molecule has 1 atom stereocenters. The Labute approximate surface area is 143 Å². The molecular formula is C17H26ClFN2O2. The summed E-state index contributed by atoms with van der Waals surface area (Å²) in [5, 5.41) is 0. The lowest BCUT2D eigenvalue weighted by Gasteiger charge is -2.31. The molecule has 0 heterocycles. The van der Waals surface area contributed by atoms with E-state index in [-0.39, 0.29) is 36.8 Å². The number of benzene rings is 1. The molecule has 1 amide bonds. The van der Waals surface area contributed by atoms with Gasteiger partial charge >= 0.3 is 0 Å². The van der Waals surface area contributed by atoms with Crippen molar-refractivity contribution in [2.45, 2.75) is 44.2 Å². The molecule has 4 nitrogen and oxygen atoms in total. The van der Waals surface area contributed by atoms with Crippen LogP contribution in [-0.4, -0.2) is 43.2 Å². The van der Waals surface area contributed by atoms with E-state index in [9.17, 15) is 9.18 Å². The van der Waals surface area contributed by atoms with Gasteiger partial charge in [-0.15, -0.1) is 12.4 Å². The van der Waals surface area contributed by atoms with Crippen molar-refractivity contribution >= 4 is 18.3 Å². The number of halogens is 2. The molecule has 0 radical (unpaired) electrons. The van der Waals surface area contributed by atoms with Gasteiger partial charge in [0, 0.05) is 19.7 Å². The Morgan fingerprint density at radius 1 is 1.43 bits per heavy atom. The second kappa shape index (κ2) is 9.85. The normalized spacial score (nSPS) is 16.0. The molecule has 1 aliphatic carbocycles. The van der Waals surface area contributed by atoms with Crippen molar-refractivity contribution in [3.63, 3.8) is 0 Å². The van der Waals surface area contributed by atoms with Gasteiger partial charge in [0.1, 0.15) is 11.9 Å². The molecule has 0 bridgehead atoms. The number of amides is 1. The van der Waals surface area contributed by atoms with E-state index in [2.05, 4.69) is 0 Å². The number of nitrogens with zero attached hydrogens (tertiary/aromatic N) is 1. The molecule has 23 heavy (non-hydrogen) atoms. The van der Waals surface area contributed by atoms with Crippen LogP contribution in [0.3, 0.4) is 0 Å². The maximum Gasteiger partial charge on any atom is 0.242 e. The number of hydrogen-bond donors (Lipinski definition) is 1. The summed E-state index contributed by atoms with van der Waals surface area (Å²) >= 11 is 0. The molecule has 0 aromatic heterocycles. The van der Waals surface area contributed by atoms with Gasteiger partial charge in [-0.2, -0.15) is 0 Å². The van der Waals surface area contributed by atoms with E-state index in [1.54, 1.807) is 13.2 Å². The van der Waals surface area contributed by atoms with Gasteiger partial charge in [-0.1, -0.05) is 25.0 Å². The van der Waals surface area contributed by atoms with E-state index in [0.717, 1.165) is 31.2 Å². The zero-order chi connectivity index (χ0) is 15.9. The number of nitrogens with two attached hydrogens (primary N) is 1. The smallest absolute Gasteiger partial charge is 0.242 e. The van der Waals surface area contributed by atoms with Crippen LogP contribution in [0.15, 0.2) is 24.3 Å². The highest BCUT2D eigenvalue weighted by atomic mass is 35.5. The average Bonchev–Trinajstić information content (AvgIpc) is 3.01. The lowest BCUT2D eigenvalue weighted by molar-refractivity contribution is -0.136. The third kappa shape index (κ3) is 5.75. The van der Waals surface area contributed by atoms with Crippen LogP contribution in [0.4, 0.5) is 4.39 Å². The molecule has 0 saturated heterocycles. The number of hydrogen-bond acceptors (Lipinski definition) is 3. The highest BCUT2D eigenvalue weighted by Gasteiger charge is 2.29. The van der Waals surface area contributed by atoms with Gasteiger partial charge in [0.15, 0.2) is 0 Å². The number of rotatable bonds is 7. The third-order valence-electron chi connectivity index (χ3n) is 4.24. The zero-order valence-corrected chi connectivity index (χ0v) is 14.4. The molecular weight excluding hydrogens is 319 g/mol. The summed E-state index contributed by atoms with van der Waals surface area (Å²) in [7, 11) is 1.54. The van der Waals surface area contributed by atoms with E-state index in [0.29, 0.717) is 13.0 Å². The fraction of sp³-hybridized carbons (Fsp3) is 0.588. The maximum atomic E-state index is 13.3. The molecule has 130 valence electrons. The number of carbonyl (C=O) groups is 1. The first-order valence-electron chi connectivity index (χ1n) is 7.91. The van der Waals surface area contributed by atoms with Crippen molar-refractivity contribution in [1.82, 2.24) is 4.90 Å². The van der Waals surface area contributed by atoms with Gasteiger partial charge in [-0.25, -0.2) is 4.39 Å². The van der Waals surface area contributed by atoms with E-state index < -0.39 is 6.04 Å². The van der Waals surface area contributed by atoms with Gasteiger partial charge in [0.2, 0.25) is 5.91 Å². The second-order valence-corrected chi connectivity index (χ2v) is 5.91. The highest BCUT2D eigenvalue weighted by molar-refractivity contribution is 5.85. The van der Waals surface area contributed by atoms with Crippen molar-refractivity contribution in [2.75, 3.05) is 20.3 Å². The minimum Gasteiger partial charge on any atom is -0.383 e. The molecule has 2 rings (SSSR count). The van der Waals surface area contributed by atoms with E-state index in [4.69, 9.17) is 10.5 Å². The van der Waals surface area contributed by atoms with Crippen molar-refractivity contribution in [2.24, 2.45) is 5.73 Å². The fourth-order valence-electron chi connectivity index (χ4n) is 3.09. The molecule has 1 aromatic rings. The molecule has 0 aliphatic heterocycles. The average molecular weight is 345 g/mol. The predicted molar refractivity (Wildman–Crippen MR) is 91.2 cm³/mol. The van der Waals surface area contributed by atoms with Crippen LogP contribution in [0.25, 0.3) is 0 Å². The van der Waals surface area contributed by atoms with E-state index >= 15 is 0 Å². The molecule has 1 fully saturated rings. The Morgan fingerprint density at radius 2 is 2.13 bits per heavy atom. The summed E-state index contributed by atoms with van der Waals surface area (Å²) in [6.45, 7) is 0.798. The number of methoxy groups -OCH3 is 1. The standard InChI is InChI=1S/C17H25FN2O2.ClH/c1-22-12-16(19)17(21)20(15-7-2-3-8-15)10-9-13-5-4-6-14(18)11-13;/h4-6,11,15-16H,2-3,7-10,12,19H2,1H3;1H. The molecule has 0 spiro atoms. The van der Waals surface area contributed by atoms with Gasteiger partial charge in [0.05, 0.1) is 6.61 Å². The van der Waals surface area contributed by atoms with Crippen LogP contribution in [0.5, 0.6) is 0 Å². The van der Waals surface area contributed by atoms with Crippen molar-refractivity contribution in [3.05, 3.63) is 35.6 Å². The Kier molecular flexibility index (Phi) is 8.52. The van der Waals surface area contributed by atoms with Crippen LogP contribution in [0.2, 0.25) is 0 Å². The summed E-state index contributed by atoms with van der Waals surface area (Å²) in [4.78, 5) is 14.4. The van der Waals surface area contributed by atoms with Crippen LogP contribution in [0, 0.1) is 5.82 Å². The van der Waals surface area contributed by atoms with Crippen LogP contribution in [0.1, 0.15) is 31.2 Å². The molecule has 2 N–H and O–H groups in total. The minimum atomic E-state index is -0.627. The minimum absolute atomic E-state index is 0. The summed E-state index contributed by atoms with van der Waals surface area (Å²) < 4.78 is 18.3.